The molecule has 67 valence electrons. The minimum Gasteiger partial charge on any atom is -0.0622 e. The number of hydrogen-bond donors (Lipinski definition) is 0. The van der Waals surface area contributed by atoms with Crippen molar-refractivity contribution in [2.75, 3.05) is 0 Å². The predicted molar refractivity (Wildman–Crippen MR) is 60.6 cm³/mol. The fourth-order valence-corrected chi connectivity index (χ4v) is 1.26. The molecule has 0 spiro atoms. The molecule has 0 amide bonds. The molecule has 14 heavy (non-hydrogen) atoms. The SMILES string of the molecule is [c]1ccccc1C=Cc1ccccc1. The van der Waals surface area contributed by atoms with Crippen LogP contribution in [0.15, 0.2) is 54.6 Å². The summed E-state index contributed by atoms with van der Waals surface area (Å²) in [5.41, 5.74) is 2.32. The summed E-state index contributed by atoms with van der Waals surface area (Å²) < 4.78 is 0. The van der Waals surface area contributed by atoms with Crippen molar-refractivity contribution < 1.29 is 0 Å². The molecule has 0 nitrogen and oxygen atoms in total. The summed E-state index contributed by atoms with van der Waals surface area (Å²) in [5.74, 6) is 0. The van der Waals surface area contributed by atoms with E-state index in [0.717, 1.165) is 5.56 Å². The summed E-state index contributed by atoms with van der Waals surface area (Å²) in [6, 6.07) is 21.4. The van der Waals surface area contributed by atoms with E-state index in [0.29, 0.717) is 0 Å². The molecular formula is C14H11. The third-order valence-electron chi connectivity index (χ3n) is 1.99. The van der Waals surface area contributed by atoms with E-state index in [2.05, 4.69) is 30.4 Å². The van der Waals surface area contributed by atoms with Gasteiger partial charge in [-0.3, -0.25) is 0 Å². The molecular weight excluding hydrogens is 168 g/mol. The highest BCUT2D eigenvalue weighted by molar-refractivity contribution is 5.69. The average molecular weight is 179 g/mol. The van der Waals surface area contributed by atoms with Crippen LogP contribution in [-0.2, 0) is 0 Å². The van der Waals surface area contributed by atoms with E-state index >= 15 is 0 Å². The lowest BCUT2D eigenvalue weighted by molar-refractivity contribution is 1.63. The first kappa shape index (κ1) is 8.76. The van der Waals surface area contributed by atoms with Gasteiger partial charge in [-0.1, -0.05) is 66.7 Å². The van der Waals surface area contributed by atoms with Crippen molar-refractivity contribution in [3.05, 3.63) is 71.8 Å². The zero-order valence-electron chi connectivity index (χ0n) is 7.85. The molecule has 0 heterocycles. The van der Waals surface area contributed by atoms with Gasteiger partial charge in [0, 0.05) is 0 Å². The number of hydrogen-bond acceptors (Lipinski definition) is 0. The molecule has 0 aliphatic carbocycles. The van der Waals surface area contributed by atoms with Gasteiger partial charge in [-0.15, -0.1) is 0 Å². The van der Waals surface area contributed by atoms with E-state index in [9.17, 15) is 0 Å². The Bertz CT molecular complexity index is 357. The smallest absolute Gasteiger partial charge is 0.0105 e. The molecule has 0 saturated heterocycles. The molecule has 0 atom stereocenters. The standard InChI is InChI=1S/C14H11/c1-3-7-13(8-4-1)11-12-14-9-5-2-6-10-14/h1-9,11-12H. The van der Waals surface area contributed by atoms with Crippen LogP contribution in [0.25, 0.3) is 12.2 Å². The topological polar surface area (TPSA) is 0 Å². The molecule has 0 aromatic heterocycles. The largest absolute Gasteiger partial charge is 0.0622 e. The molecule has 2 aromatic rings. The first-order valence-electron chi connectivity index (χ1n) is 4.65. The summed E-state index contributed by atoms with van der Waals surface area (Å²) in [6.07, 6.45) is 4.15. The van der Waals surface area contributed by atoms with Gasteiger partial charge >= 0.3 is 0 Å². The normalized spacial score (nSPS) is 10.6. The van der Waals surface area contributed by atoms with E-state index in [1.165, 1.54) is 5.56 Å². The highest BCUT2D eigenvalue weighted by Crippen LogP contribution is 2.06. The first-order valence-corrected chi connectivity index (χ1v) is 4.65. The Labute approximate surface area is 84.5 Å². The van der Waals surface area contributed by atoms with E-state index < -0.39 is 0 Å². The molecule has 0 N–H and O–H groups in total. The minimum absolute atomic E-state index is 1.11. The summed E-state index contributed by atoms with van der Waals surface area (Å²) in [5, 5.41) is 0. The Balaban J connectivity index is 2.16. The maximum atomic E-state index is 3.15. The maximum absolute atomic E-state index is 3.15. The Morgan fingerprint density at radius 1 is 0.786 bits per heavy atom. The van der Waals surface area contributed by atoms with Gasteiger partial charge in [0.05, 0.1) is 0 Å². The summed E-state index contributed by atoms with van der Waals surface area (Å²) in [7, 11) is 0. The molecule has 1 radical (unpaired) electrons. The number of rotatable bonds is 2. The van der Waals surface area contributed by atoms with Crippen molar-refractivity contribution >= 4 is 12.2 Å². The average Bonchev–Trinajstić information content (AvgIpc) is 2.29. The Morgan fingerprint density at radius 3 is 2.29 bits per heavy atom. The van der Waals surface area contributed by atoms with Crippen LogP contribution < -0.4 is 0 Å². The van der Waals surface area contributed by atoms with Crippen molar-refractivity contribution in [1.82, 2.24) is 0 Å². The van der Waals surface area contributed by atoms with Gasteiger partial charge in [0.25, 0.3) is 0 Å². The Kier molecular flexibility index (Phi) is 2.77. The van der Waals surface area contributed by atoms with Crippen LogP contribution in [0, 0.1) is 6.07 Å². The molecule has 0 saturated carbocycles. The zero-order valence-corrected chi connectivity index (χ0v) is 7.85. The minimum atomic E-state index is 1.11. The number of benzene rings is 2. The fourth-order valence-electron chi connectivity index (χ4n) is 1.26. The lowest BCUT2D eigenvalue weighted by Crippen LogP contribution is -1.71. The maximum Gasteiger partial charge on any atom is -0.0105 e. The highest BCUT2D eigenvalue weighted by Gasteiger charge is 1.84. The lowest BCUT2D eigenvalue weighted by atomic mass is 10.1. The second-order valence-corrected chi connectivity index (χ2v) is 3.06. The van der Waals surface area contributed by atoms with Crippen LogP contribution in [-0.4, -0.2) is 0 Å². The van der Waals surface area contributed by atoms with Crippen molar-refractivity contribution in [3.63, 3.8) is 0 Å². The van der Waals surface area contributed by atoms with Gasteiger partial charge < -0.3 is 0 Å². The van der Waals surface area contributed by atoms with Gasteiger partial charge in [0.15, 0.2) is 0 Å². The lowest BCUT2D eigenvalue weighted by Gasteiger charge is -1.92. The van der Waals surface area contributed by atoms with Crippen LogP contribution in [0.3, 0.4) is 0 Å². The molecule has 0 heteroatoms. The van der Waals surface area contributed by atoms with Crippen LogP contribution in [0.1, 0.15) is 11.1 Å². The second kappa shape index (κ2) is 4.43. The third kappa shape index (κ3) is 2.33. The van der Waals surface area contributed by atoms with Gasteiger partial charge in [0.2, 0.25) is 0 Å². The summed E-state index contributed by atoms with van der Waals surface area (Å²) in [6.45, 7) is 0. The Hall–Kier alpha value is -1.82. The molecule has 0 fully saturated rings. The molecule has 0 bridgehead atoms. The molecule has 0 unspecified atom stereocenters. The van der Waals surface area contributed by atoms with E-state index in [1.807, 2.05) is 42.5 Å². The van der Waals surface area contributed by atoms with Crippen molar-refractivity contribution in [3.8, 4) is 0 Å². The van der Waals surface area contributed by atoms with Crippen LogP contribution in [0.4, 0.5) is 0 Å². The molecule has 0 aliphatic rings. The first-order chi connectivity index (χ1) is 6.95. The van der Waals surface area contributed by atoms with Gasteiger partial charge in [0.1, 0.15) is 0 Å². The van der Waals surface area contributed by atoms with Crippen LogP contribution in [0.2, 0.25) is 0 Å². The van der Waals surface area contributed by atoms with Gasteiger partial charge in [-0.25, -0.2) is 0 Å². The van der Waals surface area contributed by atoms with E-state index in [-0.39, 0.29) is 0 Å². The quantitative estimate of drug-likeness (QED) is 0.617. The van der Waals surface area contributed by atoms with Gasteiger partial charge in [-0.2, -0.15) is 0 Å². The van der Waals surface area contributed by atoms with E-state index in [4.69, 9.17) is 0 Å². The molecule has 2 aromatic carbocycles. The summed E-state index contributed by atoms with van der Waals surface area (Å²) >= 11 is 0. The van der Waals surface area contributed by atoms with E-state index in [1.54, 1.807) is 0 Å². The second-order valence-electron chi connectivity index (χ2n) is 3.06. The van der Waals surface area contributed by atoms with Gasteiger partial charge in [-0.05, 0) is 17.2 Å². The highest BCUT2D eigenvalue weighted by atomic mass is 13.9. The van der Waals surface area contributed by atoms with Crippen molar-refractivity contribution in [2.45, 2.75) is 0 Å². The summed E-state index contributed by atoms with van der Waals surface area (Å²) in [4.78, 5) is 0. The van der Waals surface area contributed by atoms with Crippen molar-refractivity contribution in [1.29, 1.82) is 0 Å². The van der Waals surface area contributed by atoms with Crippen LogP contribution in [0.5, 0.6) is 0 Å². The van der Waals surface area contributed by atoms with Crippen molar-refractivity contribution in [2.24, 2.45) is 0 Å². The molecule has 0 aliphatic heterocycles. The molecule has 2 rings (SSSR count). The monoisotopic (exact) mass is 179 g/mol. The third-order valence-corrected chi connectivity index (χ3v) is 1.99. The Morgan fingerprint density at radius 2 is 1.57 bits per heavy atom. The fraction of sp³-hybridized carbons (Fsp3) is 0. The zero-order chi connectivity index (χ0) is 9.64. The van der Waals surface area contributed by atoms with Crippen LogP contribution >= 0.6 is 0 Å². The predicted octanol–water partition coefficient (Wildman–Crippen LogP) is 3.66.